The van der Waals surface area contributed by atoms with Crippen LogP contribution >= 0.6 is 0 Å². The van der Waals surface area contributed by atoms with Crippen LogP contribution < -0.4 is 5.43 Å². The molecule has 25 heavy (non-hydrogen) atoms. The standard InChI is InChI=1S/C21H24N2O2/c1-21(2,3)16-10-8-15(9-11-16)18-14-19(18)20(24)23-22-12-4-6-17-7-5-13-25-17/h4-13,18-19H,14H2,1-3H3,(H,23,24)/b6-4+,22-12+/t18-,19+/m1/s1. The summed E-state index contributed by atoms with van der Waals surface area (Å²) in [6.45, 7) is 6.61. The van der Waals surface area contributed by atoms with E-state index in [1.165, 1.54) is 11.1 Å². The highest BCUT2D eigenvalue weighted by Gasteiger charge is 2.43. The molecule has 0 radical (unpaired) electrons. The van der Waals surface area contributed by atoms with Crippen LogP contribution in [0, 0.1) is 5.92 Å². The van der Waals surface area contributed by atoms with Gasteiger partial charge in [-0.3, -0.25) is 4.79 Å². The van der Waals surface area contributed by atoms with Crippen LogP contribution in [0.3, 0.4) is 0 Å². The molecule has 1 aromatic heterocycles. The number of amides is 1. The molecule has 1 aliphatic rings. The maximum atomic E-state index is 12.1. The second kappa shape index (κ2) is 7.09. The maximum Gasteiger partial charge on any atom is 0.243 e. The molecule has 0 unspecified atom stereocenters. The van der Waals surface area contributed by atoms with Crippen molar-refractivity contribution >= 4 is 18.2 Å². The van der Waals surface area contributed by atoms with Crippen LogP contribution in [-0.2, 0) is 10.2 Å². The SMILES string of the molecule is CC(C)(C)c1ccc([C@H]2C[C@@H]2C(=O)N/N=C/C=C/c2ccco2)cc1. The number of benzene rings is 1. The zero-order chi connectivity index (χ0) is 17.9. The van der Waals surface area contributed by atoms with Gasteiger partial charge in [0, 0.05) is 12.1 Å². The van der Waals surface area contributed by atoms with Gasteiger partial charge in [-0.2, -0.15) is 5.10 Å². The molecule has 130 valence electrons. The number of furan rings is 1. The summed E-state index contributed by atoms with van der Waals surface area (Å²) in [5.41, 5.74) is 5.30. The molecule has 1 N–H and O–H groups in total. The molecule has 1 amide bonds. The van der Waals surface area contributed by atoms with Gasteiger partial charge in [0.2, 0.25) is 5.91 Å². The first-order valence-electron chi connectivity index (χ1n) is 8.58. The molecule has 0 saturated heterocycles. The van der Waals surface area contributed by atoms with Crippen molar-refractivity contribution in [3.8, 4) is 0 Å². The lowest BCUT2D eigenvalue weighted by molar-refractivity contribution is -0.122. The Morgan fingerprint density at radius 3 is 2.64 bits per heavy atom. The molecular weight excluding hydrogens is 312 g/mol. The average Bonchev–Trinajstić information content (AvgIpc) is 3.22. The number of carbonyl (C=O) groups is 1. The van der Waals surface area contributed by atoms with E-state index in [9.17, 15) is 4.79 Å². The molecule has 0 aliphatic heterocycles. The summed E-state index contributed by atoms with van der Waals surface area (Å²) in [7, 11) is 0. The predicted octanol–water partition coefficient (Wildman–Crippen LogP) is 4.50. The molecule has 3 rings (SSSR count). The van der Waals surface area contributed by atoms with E-state index in [1.807, 2.05) is 12.1 Å². The lowest BCUT2D eigenvalue weighted by Crippen LogP contribution is -2.19. The van der Waals surface area contributed by atoms with Gasteiger partial charge in [-0.1, -0.05) is 45.0 Å². The molecule has 0 spiro atoms. The Hall–Kier alpha value is -2.62. The third-order valence-electron chi connectivity index (χ3n) is 4.47. The minimum atomic E-state index is -0.0208. The molecule has 4 heteroatoms. The van der Waals surface area contributed by atoms with Gasteiger partial charge >= 0.3 is 0 Å². The van der Waals surface area contributed by atoms with Gasteiger partial charge in [-0.15, -0.1) is 0 Å². The number of hydrazone groups is 1. The topological polar surface area (TPSA) is 54.6 Å². The highest BCUT2D eigenvalue weighted by Crippen LogP contribution is 2.47. The molecule has 1 aliphatic carbocycles. The van der Waals surface area contributed by atoms with Crippen LogP contribution in [-0.4, -0.2) is 12.1 Å². The van der Waals surface area contributed by atoms with E-state index in [-0.39, 0.29) is 17.2 Å². The lowest BCUT2D eigenvalue weighted by Gasteiger charge is -2.19. The van der Waals surface area contributed by atoms with E-state index in [4.69, 9.17) is 4.42 Å². The Labute approximate surface area is 148 Å². The number of rotatable bonds is 5. The van der Waals surface area contributed by atoms with Crippen LogP contribution in [0.5, 0.6) is 0 Å². The summed E-state index contributed by atoms with van der Waals surface area (Å²) >= 11 is 0. The van der Waals surface area contributed by atoms with Gasteiger partial charge in [0.1, 0.15) is 5.76 Å². The molecule has 0 bridgehead atoms. The molecule has 2 aromatic rings. The van der Waals surface area contributed by atoms with Crippen LogP contribution in [0.1, 0.15) is 50.0 Å². The fourth-order valence-electron chi connectivity index (χ4n) is 2.83. The number of hydrogen-bond acceptors (Lipinski definition) is 3. The van der Waals surface area contributed by atoms with Gasteiger partial charge in [0.25, 0.3) is 0 Å². The lowest BCUT2D eigenvalue weighted by atomic mass is 9.86. The highest BCUT2D eigenvalue weighted by molar-refractivity contribution is 5.84. The number of hydrogen-bond donors (Lipinski definition) is 1. The van der Waals surface area contributed by atoms with Crippen molar-refractivity contribution in [2.45, 2.75) is 38.5 Å². The Bertz CT molecular complexity index is 765. The number of nitrogens with one attached hydrogen (secondary N) is 1. The quantitative estimate of drug-likeness (QED) is 0.646. The van der Waals surface area contributed by atoms with Crippen LogP contribution in [0.4, 0.5) is 0 Å². The number of allylic oxidation sites excluding steroid dienone is 1. The monoisotopic (exact) mass is 336 g/mol. The zero-order valence-electron chi connectivity index (χ0n) is 14.9. The van der Waals surface area contributed by atoms with Crippen molar-refractivity contribution in [2.24, 2.45) is 11.0 Å². The largest absolute Gasteiger partial charge is 0.465 e. The fraction of sp³-hybridized carbons (Fsp3) is 0.333. The molecule has 1 saturated carbocycles. The number of carbonyl (C=O) groups excluding carboxylic acids is 1. The van der Waals surface area contributed by atoms with E-state index in [1.54, 1.807) is 24.6 Å². The first-order chi connectivity index (χ1) is 11.9. The Balaban J connectivity index is 1.48. The summed E-state index contributed by atoms with van der Waals surface area (Å²) in [5, 5.41) is 3.95. The smallest absolute Gasteiger partial charge is 0.243 e. The maximum absolute atomic E-state index is 12.1. The minimum absolute atomic E-state index is 0.0201. The molecule has 4 nitrogen and oxygen atoms in total. The summed E-state index contributed by atoms with van der Waals surface area (Å²) in [5.74, 6) is 1.06. The summed E-state index contributed by atoms with van der Waals surface area (Å²) in [4.78, 5) is 12.1. The van der Waals surface area contributed by atoms with Gasteiger partial charge in [-0.25, -0.2) is 5.43 Å². The van der Waals surface area contributed by atoms with Crippen LogP contribution in [0.2, 0.25) is 0 Å². The Kier molecular flexibility index (Phi) is 4.88. The Morgan fingerprint density at radius 1 is 1.24 bits per heavy atom. The third-order valence-corrected chi connectivity index (χ3v) is 4.47. The van der Waals surface area contributed by atoms with Crippen molar-refractivity contribution in [3.63, 3.8) is 0 Å². The third kappa shape index (κ3) is 4.47. The van der Waals surface area contributed by atoms with E-state index in [0.29, 0.717) is 5.92 Å². The second-order valence-electron chi connectivity index (χ2n) is 7.45. The molecular formula is C21H24N2O2. The van der Waals surface area contributed by atoms with Crippen molar-refractivity contribution in [1.29, 1.82) is 0 Å². The fourth-order valence-corrected chi connectivity index (χ4v) is 2.83. The van der Waals surface area contributed by atoms with Gasteiger partial charge in [0.15, 0.2) is 0 Å². The van der Waals surface area contributed by atoms with E-state index < -0.39 is 0 Å². The summed E-state index contributed by atoms with van der Waals surface area (Å²) in [6, 6.07) is 12.3. The predicted molar refractivity (Wildman–Crippen MR) is 100 cm³/mol. The first-order valence-corrected chi connectivity index (χ1v) is 8.58. The van der Waals surface area contributed by atoms with Crippen LogP contribution in [0.15, 0.2) is 58.3 Å². The minimum Gasteiger partial charge on any atom is -0.465 e. The molecule has 2 atom stereocenters. The van der Waals surface area contributed by atoms with Crippen molar-refractivity contribution in [1.82, 2.24) is 5.43 Å². The van der Waals surface area contributed by atoms with Crippen LogP contribution in [0.25, 0.3) is 6.08 Å². The van der Waals surface area contributed by atoms with E-state index >= 15 is 0 Å². The van der Waals surface area contributed by atoms with Gasteiger partial charge in [-0.05, 0) is 53.2 Å². The first kappa shape index (κ1) is 17.2. The van der Waals surface area contributed by atoms with Crippen molar-refractivity contribution < 1.29 is 9.21 Å². The summed E-state index contributed by atoms with van der Waals surface area (Å²) in [6.07, 6.45) is 7.56. The second-order valence-corrected chi connectivity index (χ2v) is 7.45. The van der Waals surface area contributed by atoms with Gasteiger partial charge < -0.3 is 4.42 Å². The highest BCUT2D eigenvalue weighted by atomic mass is 16.3. The summed E-state index contributed by atoms with van der Waals surface area (Å²) < 4.78 is 5.17. The molecule has 1 aromatic carbocycles. The van der Waals surface area contributed by atoms with Crippen molar-refractivity contribution in [3.05, 3.63) is 65.6 Å². The zero-order valence-corrected chi connectivity index (χ0v) is 14.9. The molecule has 1 heterocycles. The van der Waals surface area contributed by atoms with Gasteiger partial charge in [0.05, 0.1) is 6.26 Å². The van der Waals surface area contributed by atoms with E-state index in [2.05, 4.69) is 55.6 Å². The van der Waals surface area contributed by atoms with E-state index in [0.717, 1.165) is 12.2 Å². The Morgan fingerprint density at radius 2 is 2.00 bits per heavy atom. The van der Waals surface area contributed by atoms with Crippen molar-refractivity contribution in [2.75, 3.05) is 0 Å². The molecule has 1 fully saturated rings. The number of nitrogens with zero attached hydrogens (tertiary/aromatic N) is 1. The average molecular weight is 336 g/mol. The normalized spacial score (nSPS) is 20.3.